The van der Waals surface area contributed by atoms with Gasteiger partial charge in [-0.25, -0.2) is 0 Å². The third-order valence-electron chi connectivity index (χ3n) is 6.92. The molecular weight excluding hydrogens is 364 g/mol. The lowest BCUT2D eigenvalue weighted by molar-refractivity contribution is -0.0629. The molecule has 0 aromatic rings. The molecule has 4 nitrogen and oxygen atoms in total. The van der Waals surface area contributed by atoms with Gasteiger partial charge in [-0.3, -0.25) is 0 Å². The van der Waals surface area contributed by atoms with Crippen molar-refractivity contribution in [1.82, 2.24) is 0 Å². The van der Waals surface area contributed by atoms with Crippen LogP contribution in [0.1, 0.15) is 74.7 Å². The molecule has 29 heavy (non-hydrogen) atoms. The Labute approximate surface area is 183 Å². The maximum atomic E-state index is 5.43. The fourth-order valence-electron chi connectivity index (χ4n) is 4.56. The SMILES string of the molecule is CCC(C)C(COC)(COC)C(C)CC.COCC(COC)(CC(C)C)C(C)C. The average Bonchev–Trinajstić information content (AvgIpc) is 2.66. The number of hydrogen-bond acceptors (Lipinski definition) is 4. The van der Waals surface area contributed by atoms with Crippen LogP contribution in [0.3, 0.4) is 0 Å². The normalized spacial score (nSPS) is 14.7. The minimum Gasteiger partial charge on any atom is -0.384 e. The average molecular weight is 419 g/mol. The van der Waals surface area contributed by atoms with E-state index in [1.807, 2.05) is 0 Å². The van der Waals surface area contributed by atoms with Gasteiger partial charge in [0, 0.05) is 39.3 Å². The summed E-state index contributed by atoms with van der Waals surface area (Å²) in [7, 11) is 7.12. The van der Waals surface area contributed by atoms with Gasteiger partial charge in [-0.05, 0) is 30.1 Å². The number of methoxy groups -OCH3 is 4. The van der Waals surface area contributed by atoms with Gasteiger partial charge in [-0.15, -0.1) is 0 Å². The van der Waals surface area contributed by atoms with Crippen LogP contribution in [-0.4, -0.2) is 54.9 Å². The molecule has 0 radical (unpaired) electrons. The van der Waals surface area contributed by atoms with E-state index in [-0.39, 0.29) is 10.8 Å². The zero-order valence-electron chi connectivity index (χ0n) is 21.9. The summed E-state index contributed by atoms with van der Waals surface area (Å²) in [6.07, 6.45) is 3.51. The lowest BCUT2D eigenvalue weighted by Crippen LogP contribution is -2.43. The van der Waals surface area contributed by atoms with Crippen molar-refractivity contribution < 1.29 is 18.9 Å². The van der Waals surface area contributed by atoms with Crippen molar-refractivity contribution in [2.24, 2.45) is 34.5 Å². The monoisotopic (exact) mass is 418 g/mol. The van der Waals surface area contributed by atoms with E-state index in [2.05, 4.69) is 55.4 Å². The second-order valence-corrected chi connectivity index (χ2v) is 9.70. The van der Waals surface area contributed by atoms with Gasteiger partial charge in [-0.2, -0.15) is 0 Å². The third kappa shape index (κ3) is 10.1. The fraction of sp³-hybridized carbons (Fsp3) is 1.00. The van der Waals surface area contributed by atoms with Crippen LogP contribution in [0.15, 0.2) is 0 Å². The van der Waals surface area contributed by atoms with Gasteiger partial charge < -0.3 is 18.9 Å². The van der Waals surface area contributed by atoms with E-state index in [0.29, 0.717) is 23.7 Å². The Hall–Kier alpha value is -0.160. The van der Waals surface area contributed by atoms with Gasteiger partial charge in [0.2, 0.25) is 0 Å². The van der Waals surface area contributed by atoms with Crippen molar-refractivity contribution in [1.29, 1.82) is 0 Å². The van der Waals surface area contributed by atoms with E-state index in [0.717, 1.165) is 32.8 Å². The van der Waals surface area contributed by atoms with Gasteiger partial charge in [0.1, 0.15) is 0 Å². The molecule has 0 fully saturated rings. The smallest absolute Gasteiger partial charge is 0.0545 e. The maximum Gasteiger partial charge on any atom is 0.0545 e. The largest absolute Gasteiger partial charge is 0.384 e. The van der Waals surface area contributed by atoms with Gasteiger partial charge >= 0.3 is 0 Å². The minimum absolute atomic E-state index is 0.174. The highest BCUT2D eigenvalue weighted by Crippen LogP contribution is 2.40. The molecule has 0 amide bonds. The summed E-state index contributed by atoms with van der Waals surface area (Å²) in [4.78, 5) is 0. The second kappa shape index (κ2) is 16.5. The van der Waals surface area contributed by atoms with Crippen molar-refractivity contribution in [2.45, 2.75) is 74.7 Å². The van der Waals surface area contributed by atoms with Crippen molar-refractivity contribution in [3.8, 4) is 0 Å². The Balaban J connectivity index is 0. The summed E-state index contributed by atoms with van der Waals surface area (Å²) < 4.78 is 21.5. The summed E-state index contributed by atoms with van der Waals surface area (Å²) in [6.45, 7) is 21.3. The summed E-state index contributed by atoms with van der Waals surface area (Å²) >= 11 is 0. The zero-order chi connectivity index (χ0) is 23.1. The Kier molecular flexibility index (Phi) is 17.7. The molecule has 178 valence electrons. The molecule has 0 heterocycles. The van der Waals surface area contributed by atoms with Crippen LogP contribution in [0.2, 0.25) is 0 Å². The first-order chi connectivity index (χ1) is 13.6. The predicted molar refractivity (Wildman–Crippen MR) is 126 cm³/mol. The van der Waals surface area contributed by atoms with Gasteiger partial charge in [0.25, 0.3) is 0 Å². The topological polar surface area (TPSA) is 36.9 Å². The predicted octanol–water partition coefficient (Wildman–Crippen LogP) is 6.33. The van der Waals surface area contributed by atoms with Gasteiger partial charge in [0.15, 0.2) is 0 Å². The molecule has 0 saturated heterocycles. The summed E-state index contributed by atoms with van der Waals surface area (Å²) in [5.41, 5.74) is 0.352. The first-order valence-corrected chi connectivity index (χ1v) is 11.5. The highest BCUT2D eigenvalue weighted by molar-refractivity contribution is 4.88. The van der Waals surface area contributed by atoms with Crippen LogP contribution >= 0.6 is 0 Å². The minimum atomic E-state index is 0.174. The quantitative estimate of drug-likeness (QED) is 0.311. The maximum absolute atomic E-state index is 5.43. The van der Waals surface area contributed by atoms with E-state index in [1.165, 1.54) is 12.8 Å². The zero-order valence-corrected chi connectivity index (χ0v) is 21.9. The molecule has 0 aromatic heterocycles. The molecule has 0 aromatic carbocycles. The second-order valence-electron chi connectivity index (χ2n) is 9.70. The Bertz CT molecular complexity index is 344. The lowest BCUT2D eigenvalue weighted by Gasteiger charge is -2.42. The Morgan fingerprint density at radius 3 is 1.14 bits per heavy atom. The van der Waals surface area contributed by atoms with E-state index in [1.54, 1.807) is 28.4 Å². The van der Waals surface area contributed by atoms with Crippen molar-refractivity contribution in [3.05, 3.63) is 0 Å². The van der Waals surface area contributed by atoms with Crippen LogP contribution in [-0.2, 0) is 18.9 Å². The number of hydrogen-bond donors (Lipinski definition) is 0. The highest BCUT2D eigenvalue weighted by atomic mass is 16.5. The molecule has 2 unspecified atom stereocenters. The van der Waals surface area contributed by atoms with Crippen LogP contribution in [0.4, 0.5) is 0 Å². The molecule has 0 N–H and O–H groups in total. The molecule has 0 bridgehead atoms. The molecule has 0 aliphatic carbocycles. The molecule has 0 saturated carbocycles. The third-order valence-corrected chi connectivity index (χ3v) is 6.92. The van der Waals surface area contributed by atoms with E-state index >= 15 is 0 Å². The molecule has 0 spiro atoms. The van der Waals surface area contributed by atoms with E-state index in [9.17, 15) is 0 Å². The molecule has 0 rings (SSSR count). The first-order valence-electron chi connectivity index (χ1n) is 11.5. The standard InChI is InChI=1S/C13H28O2.C12H26O2/c1-7-11(3)13(9-14-5,10-15-6)12(4)8-2;1-10(2)7-12(8-13-5,9-14-6)11(3)4/h11-12H,7-10H2,1-6H3;10-11H,7-9H2,1-6H3. The summed E-state index contributed by atoms with van der Waals surface area (Å²) in [5, 5.41) is 0. The Morgan fingerprint density at radius 2 is 0.931 bits per heavy atom. The highest BCUT2D eigenvalue weighted by Gasteiger charge is 2.40. The number of ether oxygens (including phenoxy) is 4. The molecular formula is C25H54O4. The van der Waals surface area contributed by atoms with Crippen molar-refractivity contribution >= 4 is 0 Å². The van der Waals surface area contributed by atoms with E-state index in [4.69, 9.17) is 18.9 Å². The van der Waals surface area contributed by atoms with E-state index < -0.39 is 0 Å². The number of rotatable bonds is 15. The van der Waals surface area contributed by atoms with Crippen LogP contribution in [0, 0.1) is 34.5 Å². The van der Waals surface area contributed by atoms with Crippen LogP contribution in [0.25, 0.3) is 0 Å². The molecule has 2 atom stereocenters. The first kappa shape index (κ1) is 31.0. The molecule has 0 aliphatic heterocycles. The van der Waals surface area contributed by atoms with Crippen LogP contribution in [0.5, 0.6) is 0 Å². The summed E-state index contributed by atoms with van der Waals surface area (Å²) in [5.74, 6) is 2.53. The van der Waals surface area contributed by atoms with Crippen molar-refractivity contribution in [3.63, 3.8) is 0 Å². The Morgan fingerprint density at radius 1 is 0.586 bits per heavy atom. The van der Waals surface area contributed by atoms with Crippen LogP contribution < -0.4 is 0 Å². The van der Waals surface area contributed by atoms with Gasteiger partial charge in [-0.1, -0.05) is 68.2 Å². The lowest BCUT2D eigenvalue weighted by atomic mass is 9.67. The molecule has 4 heteroatoms. The van der Waals surface area contributed by atoms with Crippen molar-refractivity contribution in [2.75, 3.05) is 54.9 Å². The van der Waals surface area contributed by atoms with Gasteiger partial charge in [0.05, 0.1) is 26.4 Å². The molecule has 0 aliphatic rings. The fourth-order valence-corrected chi connectivity index (χ4v) is 4.56. The summed E-state index contributed by atoms with van der Waals surface area (Å²) in [6, 6.07) is 0.